The standard InChI is InChI=1S/C19H20ClN3O4S/c1-2-3-10-4-6-12-15(8-10)28-19(16(12)17(21)24)22-18(25)11-5-7-13(20)14(9-11)23(26)27/h5,7,9-10H,2-4,6,8H2,1H3,(H2,21,24)(H,22,25). The summed E-state index contributed by atoms with van der Waals surface area (Å²) >= 11 is 7.16. The molecule has 0 bridgehead atoms. The molecule has 0 saturated heterocycles. The molecular formula is C19H20ClN3O4S. The highest BCUT2D eigenvalue weighted by Gasteiger charge is 2.28. The van der Waals surface area contributed by atoms with Gasteiger partial charge in [0.25, 0.3) is 17.5 Å². The van der Waals surface area contributed by atoms with E-state index < -0.39 is 16.7 Å². The minimum Gasteiger partial charge on any atom is -0.365 e. The van der Waals surface area contributed by atoms with E-state index >= 15 is 0 Å². The number of hydrogen-bond donors (Lipinski definition) is 2. The van der Waals surface area contributed by atoms with Crippen LogP contribution in [0.25, 0.3) is 0 Å². The zero-order chi connectivity index (χ0) is 20.4. The van der Waals surface area contributed by atoms with Crippen molar-refractivity contribution in [1.29, 1.82) is 0 Å². The maximum absolute atomic E-state index is 12.6. The van der Waals surface area contributed by atoms with Crippen LogP contribution >= 0.6 is 22.9 Å². The van der Waals surface area contributed by atoms with Gasteiger partial charge in [0, 0.05) is 16.5 Å². The topological polar surface area (TPSA) is 115 Å². The molecule has 2 amide bonds. The van der Waals surface area contributed by atoms with Gasteiger partial charge in [-0.25, -0.2) is 0 Å². The second-order valence-corrected chi connectivity index (χ2v) is 8.36. The first-order valence-corrected chi connectivity index (χ1v) is 10.2. The number of fused-ring (bicyclic) bond motifs is 1. The molecule has 1 aliphatic carbocycles. The molecule has 1 unspecified atom stereocenters. The number of hydrogen-bond acceptors (Lipinski definition) is 5. The third-order valence-electron chi connectivity index (χ3n) is 4.94. The number of nitro benzene ring substituents is 1. The van der Waals surface area contributed by atoms with Crippen molar-refractivity contribution < 1.29 is 14.5 Å². The van der Waals surface area contributed by atoms with E-state index in [9.17, 15) is 19.7 Å². The van der Waals surface area contributed by atoms with Gasteiger partial charge in [0.05, 0.1) is 10.5 Å². The minimum atomic E-state index is -0.647. The van der Waals surface area contributed by atoms with E-state index in [1.807, 2.05) is 0 Å². The number of nitrogens with two attached hydrogens (primary N) is 1. The van der Waals surface area contributed by atoms with E-state index in [1.165, 1.54) is 23.5 Å². The first-order chi connectivity index (χ1) is 13.3. The van der Waals surface area contributed by atoms with Crippen molar-refractivity contribution in [3.8, 4) is 0 Å². The van der Waals surface area contributed by atoms with Gasteiger partial charge in [-0.2, -0.15) is 0 Å². The van der Waals surface area contributed by atoms with E-state index in [4.69, 9.17) is 17.3 Å². The highest BCUT2D eigenvalue weighted by Crippen LogP contribution is 2.40. The monoisotopic (exact) mass is 421 g/mol. The summed E-state index contributed by atoms with van der Waals surface area (Å²) in [5, 5.41) is 14.1. The zero-order valence-electron chi connectivity index (χ0n) is 15.3. The predicted molar refractivity (Wildman–Crippen MR) is 109 cm³/mol. The molecule has 0 fully saturated rings. The molecule has 9 heteroatoms. The molecule has 0 saturated carbocycles. The van der Waals surface area contributed by atoms with Gasteiger partial charge in [-0.3, -0.25) is 19.7 Å². The lowest BCUT2D eigenvalue weighted by atomic mass is 9.84. The lowest BCUT2D eigenvalue weighted by Gasteiger charge is -2.21. The van der Waals surface area contributed by atoms with Gasteiger partial charge in [0.2, 0.25) is 0 Å². The van der Waals surface area contributed by atoms with Crippen LogP contribution in [0.3, 0.4) is 0 Å². The SMILES string of the molecule is CCCC1CCc2c(sc(NC(=O)c3ccc(Cl)c([N+](=O)[O-])c3)c2C(N)=O)C1. The third-order valence-corrected chi connectivity index (χ3v) is 6.43. The molecule has 0 aliphatic heterocycles. The van der Waals surface area contributed by atoms with E-state index in [0.29, 0.717) is 16.5 Å². The van der Waals surface area contributed by atoms with Gasteiger partial charge in [-0.1, -0.05) is 31.4 Å². The first kappa shape index (κ1) is 20.3. The summed E-state index contributed by atoms with van der Waals surface area (Å²) in [6.07, 6.45) is 4.86. The Morgan fingerprint density at radius 3 is 2.82 bits per heavy atom. The van der Waals surface area contributed by atoms with E-state index in [0.717, 1.165) is 48.6 Å². The largest absolute Gasteiger partial charge is 0.365 e. The van der Waals surface area contributed by atoms with Crippen molar-refractivity contribution in [3.05, 3.63) is 54.9 Å². The van der Waals surface area contributed by atoms with Crippen molar-refractivity contribution >= 4 is 45.4 Å². The Hall–Kier alpha value is -2.45. The van der Waals surface area contributed by atoms with Crippen molar-refractivity contribution in [2.24, 2.45) is 11.7 Å². The molecule has 1 aliphatic rings. The third kappa shape index (κ3) is 4.02. The smallest absolute Gasteiger partial charge is 0.288 e. The second-order valence-electron chi connectivity index (χ2n) is 6.85. The van der Waals surface area contributed by atoms with Crippen LogP contribution in [0.5, 0.6) is 0 Å². The van der Waals surface area contributed by atoms with Crippen LogP contribution in [0, 0.1) is 16.0 Å². The molecule has 1 atom stereocenters. The maximum Gasteiger partial charge on any atom is 0.288 e. The normalized spacial score (nSPS) is 15.7. The molecule has 148 valence electrons. The minimum absolute atomic E-state index is 0.0482. The average molecular weight is 422 g/mol. The molecule has 1 aromatic heterocycles. The van der Waals surface area contributed by atoms with Crippen molar-refractivity contribution in [2.75, 3.05) is 5.32 Å². The van der Waals surface area contributed by atoms with Gasteiger partial charge < -0.3 is 11.1 Å². The number of nitrogens with one attached hydrogen (secondary N) is 1. The Morgan fingerprint density at radius 1 is 1.43 bits per heavy atom. The van der Waals surface area contributed by atoms with Crippen molar-refractivity contribution in [3.63, 3.8) is 0 Å². The van der Waals surface area contributed by atoms with Crippen LogP contribution in [0.4, 0.5) is 10.7 Å². The number of nitrogens with zero attached hydrogens (tertiary/aromatic N) is 1. The Morgan fingerprint density at radius 2 is 2.18 bits per heavy atom. The Labute approximate surface area is 171 Å². The van der Waals surface area contributed by atoms with Gasteiger partial charge in [-0.15, -0.1) is 11.3 Å². The lowest BCUT2D eigenvalue weighted by Crippen LogP contribution is -2.20. The molecule has 1 aromatic carbocycles. The molecule has 2 aromatic rings. The number of anilines is 1. The Bertz CT molecular complexity index is 957. The van der Waals surface area contributed by atoms with Gasteiger partial charge in [-0.05, 0) is 42.9 Å². The highest BCUT2D eigenvalue weighted by molar-refractivity contribution is 7.17. The molecule has 3 rings (SSSR count). The summed E-state index contributed by atoms with van der Waals surface area (Å²) in [4.78, 5) is 36.1. The molecule has 0 spiro atoms. The van der Waals surface area contributed by atoms with E-state index in [1.54, 1.807) is 0 Å². The molecule has 0 radical (unpaired) electrons. The van der Waals surface area contributed by atoms with Crippen molar-refractivity contribution in [2.45, 2.75) is 39.0 Å². The fourth-order valence-electron chi connectivity index (χ4n) is 3.63. The number of amides is 2. The Balaban J connectivity index is 1.90. The van der Waals surface area contributed by atoms with Gasteiger partial charge >= 0.3 is 0 Å². The maximum atomic E-state index is 12.6. The summed E-state index contributed by atoms with van der Waals surface area (Å²) in [5.74, 6) is -0.561. The van der Waals surface area contributed by atoms with E-state index in [-0.39, 0.29) is 16.3 Å². The molecular weight excluding hydrogens is 402 g/mol. The number of rotatable bonds is 6. The highest BCUT2D eigenvalue weighted by atomic mass is 35.5. The van der Waals surface area contributed by atoms with Crippen LogP contribution in [0.15, 0.2) is 18.2 Å². The fraction of sp³-hybridized carbons (Fsp3) is 0.368. The summed E-state index contributed by atoms with van der Waals surface area (Å²) in [5.41, 5.74) is 6.59. The van der Waals surface area contributed by atoms with Crippen LogP contribution in [-0.2, 0) is 12.8 Å². The number of carbonyl (C=O) groups excluding carboxylic acids is 2. The number of benzene rings is 1. The van der Waals surface area contributed by atoms with Gasteiger partial charge in [0.15, 0.2) is 0 Å². The first-order valence-electron chi connectivity index (χ1n) is 9.01. The molecule has 7 nitrogen and oxygen atoms in total. The van der Waals surface area contributed by atoms with Crippen molar-refractivity contribution in [1.82, 2.24) is 0 Å². The number of nitro groups is 1. The zero-order valence-corrected chi connectivity index (χ0v) is 16.9. The summed E-state index contributed by atoms with van der Waals surface area (Å²) in [7, 11) is 0. The fourth-order valence-corrected chi connectivity index (χ4v) is 5.18. The lowest BCUT2D eigenvalue weighted by molar-refractivity contribution is -0.384. The van der Waals surface area contributed by atoms with Crippen LogP contribution in [0.1, 0.15) is 57.3 Å². The molecule has 1 heterocycles. The van der Waals surface area contributed by atoms with Crippen LogP contribution < -0.4 is 11.1 Å². The van der Waals surface area contributed by atoms with Gasteiger partial charge in [0.1, 0.15) is 10.0 Å². The number of thiophene rings is 1. The Kier molecular flexibility index (Phi) is 6.00. The van der Waals surface area contributed by atoms with E-state index in [2.05, 4.69) is 12.2 Å². The number of primary amides is 1. The second kappa shape index (κ2) is 8.28. The number of halogens is 1. The summed E-state index contributed by atoms with van der Waals surface area (Å²) in [6, 6.07) is 3.82. The molecule has 28 heavy (non-hydrogen) atoms. The average Bonchev–Trinajstić information content (AvgIpc) is 2.99. The van der Waals surface area contributed by atoms with Crippen LogP contribution in [0.2, 0.25) is 5.02 Å². The molecule has 3 N–H and O–H groups in total. The van der Waals surface area contributed by atoms with Crippen LogP contribution in [-0.4, -0.2) is 16.7 Å². The summed E-state index contributed by atoms with van der Waals surface area (Å²) in [6.45, 7) is 2.15. The quantitative estimate of drug-likeness (QED) is 0.525. The number of carbonyl (C=O) groups is 2. The predicted octanol–water partition coefficient (Wildman–Crippen LogP) is 4.57. The summed E-state index contributed by atoms with van der Waals surface area (Å²) < 4.78 is 0.